The van der Waals surface area contributed by atoms with Gasteiger partial charge in [0.05, 0.1) is 0 Å². The van der Waals surface area contributed by atoms with Crippen LogP contribution in [-0.2, 0) is 0 Å². The molecular weight excluding hydrogens is 260 g/mol. The molecule has 0 atom stereocenters. The maximum atomic E-state index is 10.9. The topological polar surface area (TPSA) is 20.2 Å². The lowest BCUT2D eigenvalue weighted by Gasteiger charge is -2.18. The molecule has 0 aliphatic carbocycles. The lowest BCUT2D eigenvalue weighted by molar-refractivity contribution is 0.599. The molecule has 0 saturated heterocycles. The third kappa shape index (κ3) is 2.46. The summed E-state index contributed by atoms with van der Waals surface area (Å²) < 4.78 is 0. The van der Waals surface area contributed by atoms with E-state index in [1.807, 2.05) is 0 Å². The van der Waals surface area contributed by atoms with E-state index in [0.717, 1.165) is 10.4 Å². The zero-order chi connectivity index (χ0) is 15.0. The molecule has 1 radical (unpaired) electrons. The summed E-state index contributed by atoms with van der Waals surface area (Å²) in [6.45, 7) is 12.8. The van der Waals surface area contributed by atoms with Crippen LogP contribution in [0.25, 0.3) is 0 Å². The molecule has 0 aliphatic rings. The Morgan fingerprint density at radius 2 is 0.950 bits per heavy atom. The molecule has 0 saturated carbocycles. The van der Waals surface area contributed by atoms with Crippen LogP contribution in [-0.4, -0.2) is 13.8 Å². The maximum Gasteiger partial charge on any atom is 0.280 e. The molecular formula is C18H23OSi. The second-order valence-corrected chi connectivity index (χ2v) is 7.48. The minimum atomic E-state index is -1.68. The van der Waals surface area contributed by atoms with Gasteiger partial charge in [-0.25, -0.2) is 0 Å². The van der Waals surface area contributed by atoms with Gasteiger partial charge < -0.3 is 4.80 Å². The highest BCUT2D eigenvalue weighted by molar-refractivity contribution is 6.79. The quantitative estimate of drug-likeness (QED) is 0.840. The van der Waals surface area contributed by atoms with E-state index in [9.17, 15) is 4.80 Å². The standard InChI is InChI=1S/C18H23OSi/c1-11-7-9-17(15(5)13(11)3)20(19)18-10-8-12(2)14(4)16(18)6/h7-10,19H,1-6H3. The van der Waals surface area contributed by atoms with E-state index in [1.165, 1.54) is 33.4 Å². The van der Waals surface area contributed by atoms with E-state index in [2.05, 4.69) is 65.8 Å². The van der Waals surface area contributed by atoms with Gasteiger partial charge in [0.15, 0.2) is 0 Å². The SMILES string of the molecule is Cc1ccc([Si](O)c2ccc(C)c(C)c2C)c(C)c1C. The number of aryl methyl sites for hydroxylation is 2. The molecule has 20 heavy (non-hydrogen) atoms. The maximum absolute atomic E-state index is 10.9. The van der Waals surface area contributed by atoms with Crippen LogP contribution < -0.4 is 10.4 Å². The summed E-state index contributed by atoms with van der Waals surface area (Å²) in [6.07, 6.45) is 0. The molecule has 0 bridgehead atoms. The Bertz CT molecular complexity index is 601. The minimum Gasteiger partial charge on any atom is -0.424 e. The minimum absolute atomic E-state index is 1.12. The molecule has 2 heteroatoms. The lowest BCUT2D eigenvalue weighted by Crippen LogP contribution is -2.45. The van der Waals surface area contributed by atoms with Crippen molar-refractivity contribution >= 4 is 19.4 Å². The van der Waals surface area contributed by atoms with E-state index in [-0.39, 0.29) is 0 Å². The van der Waals surface area contributed by atoms with Crippen molar-refractivity contribution < 1.29 is 4.80 Å². The average molecular weight is 283 g/mol. The van der Waals surface area contributed by atoms with Crippen LogP contribution in [0.2, 0.25) is 0 Å². The Hall–Kier alpha value is -1.38. The highest BCUT2D eigenvalue weighted by atomic mass is 28.3. The summed E-state index contributed by atoms with van der Waals surface area (Å²) in [4.78, 5) is 10.9. The predicted octanol–water partition coefficient (Wildman–Crippen LogP) is 2.64. The first kappa shape index (κ1) is 15.0. The highest BCUT2D eigenvalue weighted by Crippen LogP contribution is 2.13. The van der Waals surface area contributed by atoms with E-state index in [4.69, 9.17) is 0 Å². The van der Waals surface area contributed by atoms with E-state index in [1.54, 1.807) is 0 Å². The Morgan fingerprint density at radius 3 is 1.30 bits per heavy atom. The third-order valence-electron chi connectivity index (χ3n) is 4.63. The molecule has 2 rings (SSSR count). The Labute approximate surface area is 124 Å². The van der Waals surface area contributed by atoms with Crippen LogP contribution >= 0.6 is 0 Å². The van der Waals surface area contributed by atoms with Gasteiger partial charge in [0.25, 0.3) is 9.04 Å². The highest BCUT2D eigenvalue weighted by Gasteiger charge is 2.21. The van der Waals surface area contributed by atoms with E-state index >= 15 is 0 Å². The summed E-state index contributed by atoms with van der Waals surface area (Å²) >= 11 is 0. The van der Waals surface area contributed by atoms with Crippen molar-refractivity contribution in [3.8, 4) is 0 Å². The number of benzene rings is 2. The van der Waals surface area contributed by atoms with Crippen molar-refractivity contribution in [2.24, 2.45) is 0 Å². The van der Waals surface area contributed by atoms with Gasteiger partial charge >= 0.3 is 0 Å². The molecule has 0 unspecified atom stereocenters. The van der Waals surface area contributed by atoms with E-state index in [0.29, 0.717) is 0 Å². The van der Waals surface area contributed by atoms with Crippen molar-refractivity contribution in [2.75, 3.05) is 0 Å². The summed E-state index contributed by atoms with van der Waals surface area (Å²) in [5, 5.41) is 2.23. The van der Waals surface area contributed by atoms with Gasteiger partial charge in [-0.3, -0.25) is 0 Å². The summed E-state index contributed by atoms with van der Waals surface area (Å²) in [5.41, 5.74) is 7.63. The fourth-order valence-electron chi connectivity index (χ4n) is 2.57. The molecule has 0 amide bonds. The van der Waals surface area contributed by atoms with Crippen LogP contribution in [0.4, 0.5) is 0 Å². The van der Waals surface area contributed by atoms with Crippen molar-refractivity contribution in [1.29, 1.82) is 0 Å². The van der Waals surface area contributed by atoms with Crippen molar-refractivity contribution in [2.45, 2.75) is 41.5 Å². The molecule has 1 nitrogen and oxygen atoms in total. The summed E-state index contributed by atoms with van der Waals surface area (Å²) in [6, 6.07) is 8.44. The molecule has 1 N–H and O–H groups in total. The monoisotopic (exact) mass is 283 g/mol. The first-order valence-corrected chi connectivity index (χ1v) is 8.49. The molecule has 2 aromatic carbocycles. The van der Waals surface area contributed by atoms with Gasteiger partial charge in [0, 0.05) is 0 Å². The predicted molar refractivity (Wildman–Crippen MR) is 88.5 cm³/mol. The molecule has 0 aliphatic heterocycles. The Kier molecular flexibility index (Phi) is 4.16. The number of hydrogen-bond donors (Lipinski definition) is 1. The lowest BCUT2D eigenvalue weighted by atomic mass is 10.0. The van der Waals surface area contributed by atoms with Crippen LogP contribution in [0.3, 0.4) is 0 Å². The van der Waals surface area contributed by atoms with Crippen molar-refractivity contribution in [3.63, 3.8) is 0 Å². The molecule has 0 heterocycles. The zero-order valence-corrected chi connectivity index (χ0v) is 14.3. The van der Waals surface area contributed by atoms with Gasteiger partial charge in [-0.15, -0.1) is 0 Å². The zero-order valence-electron chi connectivity index (χ0n) is 13.3. The first-order valence-electron chi connectivity index (χ1n) is 7.04. The van der Waals surface area contributed by atoms with Gasteiger partial charge in [-0.1, -0.05) is 24.3 Å². The van der Waals surface area contributed by atoms with Gasteiger partial charge in [0.2, 0.25) is 0 Å². The van der Waals surface area contributed by atoms with Crippen LogP contribution in [0.1, 0.15) is 33.4 Å². The average Bonchev–Trinajstić information content (AvgIpc) is 2.42. The van der Waals surface area contributed by atoms with Crippen LogP contribution in [0.5, 0.6) is 0 Å². The first-order chi connectivity index (χ1) is 9.34. The van der Waals surface area contributed by atoms with Crippen molar-refractivity contribution in [1.82, 2.24) is 0 Å². The Morgan fingerprint density at radius 1 is 0.600 bits per heavy atom. The molecule has 105 valence electrons. The smallest absolute Gasteiger partial charge is 0.280 e. The fourth-order valence-corrected chi connectivity index (χ4v) is 4.43. The van der Waals surface area contributed by atoms with E-state index < -0.39 is 9.04 Å². The van der Waals surface area contributed by atoms with Gasteiger partial charge in [-0.05, 0) is 85.3 Å². The number of rotatable bonds is 2. The van der Waals surface area contributed by atoms with Crippen LogP contribution in [0.15, 0.2) is 24.3 Å². The van der Waals surface area contributed by atoms with Gasteiger partial charge in [0.1, 0.15) is 0 Å². The molecule has 0 aromatic heterocycles. The molecule has 0 spiro atoms. The van der Waals surface area contributed by atoms with Crippen LogP contribution in [0, 0.1) is 41.5 Å². The third-order valence-corrected chi connectivity index (χ3v) is 6.73. The summed E-state index contributed by atoms with van der Waals surface area (Å²) in [7, 11) is -1.68. The molecule has 2 aromatic rings. The normalized spacial score (nSPS) is 11.2. The van der Waals surface area contributed by atoms with Gasteiger partial charge in [-0.2, -0.15) is 0 Å². The van der Waals surface area contributed by atoms with Crippen molar-refractivity contribution in [3.05, 3.63) is 57.6 Å². The second kappa shape index (κ2) is 5.55. The summed E-state index contributed by atoms with van der Waals surface area (Å²) in [5.74, 6) is 0. The molecule has 0 fully saturated rings. The number of hydrogen-bond acceptors (Lipinski definition) is 1. The fraction of sp³-hybridized carbons (Fsp3) is 0.333. The second-order valence-electron chi connectivity index (χ2n) is 5.71. The Balaban J connectivity index is 2.55. The largest absolute Gasteiger partial charge is 0.424 e.